The van der Waals surface area contributed by atoms with E-state index in [4.69, 9.17) is 4.74 Å². The quantitative estimate of drug-likeness (QED) is 0.721. The van der Waals surface area contributed by atoms with E-state index in [1.54, 1.807) is 35.4 Å². The Kier molecular flexibility index (Phi) is 4.08. The summed E-state index contributed by atoms with van der Waals surface area (Å²) in [6.45, 7) is 2.60. The SMILES string of the molecule is Cc1ccc(-c2ccc(N3C[C@H](Cn4ccnn4)OC3=O)cc2F)cn1. The van der Waals surface area contributed by atoms with E-state index in [1.165, 1.54) is 11.0 Å². The third kappa shape index (κ3) is 3.13. The van der Waals surface area contributed by atoms with Gasteiger partial charge >= 0.3 is 6.09 Å². The predicted molar refractivity (Wildman–Crippen MR) is 92.0 cm³/mol. The molecule has 1 amide bonds. The largest absolute Gasteiger partial charge is 0.442 e. The topological polar surface area (TPSA) is 73.1 Å². The number of anilines is 1. The van der Waals surface area contributed by atoms with E-state index in [2.05, 4.69) is 15.3 Å². The molecule has 7 nitrogen and oxygen atoms in total. The maximum absolute atomic E-state index is 14.6. The van der Waals surface area contributed by atoms with Crippen molar-refractivity contribution >= 4 is 11.8 Å². The van der Waals surface area contributed by atoms with Gasteiger partial charge in [-0.2, -0.15) is 0 Å². The van der Waals surface area contributed by atoms with Gasteiger partial charge in [0.2, 0.25) is 0 Å². The molecule has 4 rings (SSSR count). The van der Waals surface area contributed by atoms with Crippen molar-refractivity contribution < 1.29 is 13.9 Å². The number of benzene rings is 1. The van der Waals surface area contributed by atoms with Gasteiger partial charge in [0.05, 0.1) is 25.0 Å². The van der Waals surface area contributed by atoms with E-state index in [0.717, 1.165) is 5.69 Å². The van der Waals surface area contributed by atoms with Crippen LogP contribution in [0.2, 0.25) is 0 Å². The summed E-state index contributed by atoms with van der Waals surface area (Å²) in [5, 5.41) is 7.58. The molecule has 1 aliphatic heterocycles. The minimum Gasteiger partial charge on any atom is -0.442 e. The van der Waals surface area contributed by atoms with Crippen molar-refractivity contribution in [3.63, 3.8) is 0 Å². The number of pyridine rings is 1. The number of aromatic nitrogens is 4. The highest BCUT2D eigenvalue weighted by Crippen LogP contribution is 2.29. The van der Waals surface area contributed by atoms with Gasteiger partial charge in [0, 0.05) is 29.2 Å². The maximum Gasteiger partial charge on any atom is 0.414 e. The van der Waals surface area contributed by atoms with Crippen LogP contribution in [-0.2, 0) is 11.3 Å². The van der Waals surface area contributed by atoms with E-state index in [0.29, 0.717) is 29.9 Å². The third-order valence-corrected chi connectivity index (χ3v) is 4.22. The Hall–Kier alpha value is -3.29. The van der Waals surface area contributed by atoms with Crippen LogP contribution in [0.5, 0.6) is 0 Å². The maximum atomic E-state index is 14.6. The fourth-order valence-electron chi connectivity index (χ4n) is 2.90. The number of ether oxygens (including phenoxy) is 1. The molecule has 0 bridgehead atoms. The average Bonchev–Trinajstić information content (AvgIpc) is 3.26. The molecule has 0 aliphatic carbocycles. The van der Waals surface area contributed by atoms with Gasteiger partial charge in [-0.3, -0.25) is 9.88 Å². The monoisotopic (exact) mass is 353 g/mol. The minimum atomic E-state index is -0.501. The Balaban J connectivity index is 1.53. The van der Waals surface area contributed by atoms with Crippen molar-refractivity contribution in [2.24, 2.45) is 0 Å². The Bertz CT molecular complexity index is 927. The number of cyclic esters (lactones) is 1. The van der Waals surface area contributed by atoms with E-state index in [1.807, 2.05) is 19.1 Å². The minimum absolute atomic E-state index is 0.323. The van der Waals surface area contributed by atoms with Crippen LogP contribution >= 0.6 is 0 Å². The highest BCUT2D eigenvalue weighted by molar-refractivity contribution is 5.90. The van der Waals surface area contributed by atoms with Crippen LogP contribution in [0.3, 0.4) is 0 Å². The summed E-state index contributed by atoms with van der Waals surface area (Å²) < 4.78 is 21.5. The second-order valence-electron chi connectivity index (χ2n) is 6.09. The molecule has 132 valence electrons. The normalized spacial score (nSPS) is 16.8. The zero-order valence-electron chi connectivity index (χ0n) is 14.0. The number of hydrogen-bond donors (Lipinski definition) is 0. The van der Waals surface area contributed by atoms with Crippen LogP contribution < -0.4 is 4.90 Å². The van der Waals surface area contributed by atoms with Crippen LogP contribution in [0.25, 0.3) is 11.1 Å². The lowest BCUT2D eigenvalue weighted by molar-refractivity contribution is 0.129. The van der Waals surface area contributed by atoms with Gasteiger partial charge in [0.15, 0.2) is 0 Å². The molecule has 8 heteroatoms. The van der Waals surface area contributed by atoms with Crippen molar-refractivity contribution in [2.75, 3.05) is 11.4 Å². The number of halogens is 1. The molecule has 0 spiro atoms. The molecule has 1 aliphatic rings. The van der Waals surface area contributed by atoms with Gasteiger partial charge in [-0.05, 0) is 31.2 Å². The van der Waals surface area contributed by atoms with Crippen LogP contribution in [0.1, 0.15) is 5.69 Å². The molecule has 0 radical (unpaired) electrons. The van der Waals surface area contributed by atoms with Crippen molar-refractivity contribution in [1.82, 2.24) is 20.0 Å². The van der Waals surface area contributed by atoms with Crippen molar-refractivity contribution in [3.8, 4) is 11.1 Å². The highest BCUT2D eigenvalue weighted by atomic mass is 19.1. The number of carbonyl (C=O) groups excluding carboxylic acids is 1. The number of aryl methyl sites for hydroxylation is 1. The van der Waals surface area contributed by atoms with E-state index < -0.39 is 11.9 Å². The van der Waals surface area contributed by atoms with E-state index in [9.17, 15) is 9.18 Å². The fourth-order valence-corrected chi connectivity index (χ4v) is 2.90. The number of carbonyl (C=O) groups is 1. The molecule has 3 heterocycles. The van der Waals surface area contributed by atoms with Gasteiger partial charge in [0.25, 0.3) is 0 Å². The fraction of sp³-hybridized carbons (Fsp3) is 0.222. The molecule has 2 aromatic heterocycles. The molecular weight excluding hydrogens is 337 g/mol. The lowest BCUT2D eigenvalue weighted by atomic mass is 10.1. The third-order valence-electron chi connectivity index (χ3n) is 4.22. The molecule has 1 atom stereocenters. The summed E-state index contributed by atoms with van der Waals surface area (Å²) in [5.41, 5.74) is 2.45. The lowest BCUT2D eigenvalue weighted by Crippen LogP contribution is -2.26. The second kappa shape index (κ2) is 6.55. The van der Waals surface area contributed by atoms with E-state index in [-0.39, 0.29) is 6.10 Å². The molecule has 1 saturated heterocycles. The first-order chi connectivity index (χ1) is 12.6. The summed E-state index contributed by atoms with van der Waals surface area (Å²) in [6.07, 6.45) is 4.02. The summed E-state index contributed by atoms with van der Waals surface area (Å²) in [4.78, 5) is 17.8. The van der Waals surface area contributed by atoms with E-state index >= 15 is 0 Å². The summed E-state index contributed by atoms with van der Waals surface area (Å²) in [7, 11) is 0. The Morgan fingerprint density at radius 3 is 2.88 bits per heavy atom. The first-order valence-electron chi connectivity index (χ1n) is 8.15. The first-order valence-corrected chi connectivity index (χ1v) is 8.15. The standard InChI is InChI=1S/C18H16FN5O2/c1-12-2-3-13(9-20-12)16-5-4-14(8-17(16)19)24-11-15(26-18(24)25)10-23-7-6-21-22-23/h2-9,15H,10-11H2,1H3/t15-/m0/s1. The van der Waals surface area contributed by atoms with Gasteiger partial charge in [-0.25, -0.2) is 13.9 Å². The molecule has 0 unspecified atom stereocenters. The molecule has 26 heavy (non-hydrogen) atoms. The molecule has 1 fully saturated rings. The van der Waals surface area contributed by atoms with Gasteiger partial charge in [-0.15, -0.1) is 5.10 Å². The van der Waals surface area contributed by atoms with Crippen molar-refractivity contribution in [1.29, 1.82) is 0 Å². The smallest absolute Gasteiger partial charge is 0.414 e. The van der Waals surface area contributed by atoms with Crippen molar-refractivity contribution in [2.45, 2.75) is 19.6 Å². The van der Waals surface area contributed by atoms with Gasteiger partial charge in [-0.1, -0.05) is 11.3 Å². The Morgan fingerprint density at radius 2 is 2.19 bits per heavy atom. The zero-order valence-corrected chi connectivity index (χ0v) is 14.0. The number of nitrogens with zero attached hydrogens (tertiary/aromatic N) is 5. The predicted octanol–water partition coefficient (Wildman–Crippen LogP) is 2.81. The van der Waals surface area contributed by atoms with Crippen molar-refractivity contribution in [3.05, 3.63) is 60.4 Å². The Labute approximate surface area is 149 Å². The summed E-state index contributed by atoms with van der Waals surface area (Å²) in [5.74, 6) is -0.416. The summed E-state index contributed by atoms with van der Waals surface area (Å²) in [6, 6.07) is 8.34. The molecule has 3 aromatic rings. The van der Waals surface area contributed by atoms with Crippen LogP contribution in [0.15, 0.2) is 48.9 Å². The highest BCUT2D eigenvalue weighted by Gasteiger charge is 2.33. The number of rotatable bonds is 4. The zero-order chi connectivity index (χ0) is 18.1. The molecular formula is C18H16FN5O2. The lowest BCUT2D eigenvalue weighted by Gasteiger charge is -2.14. The van der Waals surface area contributed by atoms with Crippen LogP contribution in [0.4, 0.5) is 14.9 Å². The molecule has 0 N–H and O–H groups in total. The van der Waals surface area contributed by atoms with Gasteiger partial charge in [0.1, 0.15) is 11.9 Å². The molecule has 0 saturated carbocycles. The van der Waals surface area contributed by atoms with Crippen LogP contribution in [0, 0.1) is 12.7 Å². The van der Waals surface area contributed by atoms with Gasteiger partial charge < -0.3 is 4.74 Å². The summed E-state index contributed by atoms with van der Waals surface area (Å²) >= 11 is 0. The Morgan fingerprint density at radius 1 is 1.31 bits per heavy atom. The number of hydrogen-bond acceptors (Lipinski definition) is 5. The van der Waals surface area contributed by atoms with Crippen LogP contribution in [-0.4, -0.2) is 38.7 Å². The first kappa shape index (κ1) is 16.2. The molecule has 1 aromatic carbocycles. The number of amides is 1. The second-order valence-corrected chi connectivity index (χ2v) is 6.09. The average molecular weight is 353 g/mol.